The molecule has 4 aliphatic rings. The molecule has 2 atom stereocenters. The number of hydrogen-bond donors (Lipinski definition) is 0. The molecule has 7 heteroatoms. The van der Waals surface area contributed by atoms with Crippen molar-refractivity contribution in [3.63, 3.8) is 0 Å². The maximum atomic E-state index is 12.9. The number of allylic oxidation sites excluding steroid dienone is 4. The highest BCUT2D eigenvalue weighted by molar-refractivity contribution is 5.81. The molecular weight excluding hydrogens is 366 g/mol. The van der Waals surface area contributed by atoms with Gasteiger partial charge in [-0.2, -0.15) is 4.98 Å². The van der Waals surface area contributed by atoms with Gasteiger partial charge in [-0.25, -0.2) is 0 Å². The van der Waals surface area contributed by atoms with Gasteiger partial charge >= 0.3 is 6.01 Å². The van der Waals surface area contributed by atoms with Gasteiger partial charge in [0.25, 0.3) is 0 Å². The molecule has 3 fully saturated rings. The van der Waals surface area contributed by atoms with Gasteiger partial charge in [0, 0.05) is 36.4 Å². The monoisotopic (exact) mass is 395 g/mol. The zero-order valence-electron chi connectivity index (χ0n) is 17.0. The van der Waals surface area contributed by atoms with Crippen LogP contribution < -0.4 is 4.90 Å². The number of aryl methyl sites for hydroxylation is 1. The molecular formula is C22H29N5O2. The van der Waals surface area contributed by atoms with Crippen molar-refractivity contribution in [2.75, 3.05) is 18.0 Å². The van der Waals surface area contributed by atoms with Crippen LogP contribution in [0.5, 0.6) is 0 Å². The number of carbonyl (C=O) groups is 1. The minimum absolute atomic E-state index is 0.122. The normalized spacial score (nSPS) is 30.2. The first-order valence-electron chi connectivity index (χ1n) is 10.9. The fourth-order valence-electron chi connectivity index (χ4n) is 5.48. The van der Waals surface area contributed by atoms with Gasteiger partial charge in [-0.15, -0.1) is 0 Å². The van der Waals surface area contributed by atoms with Gasteiger partial charge in [0.1, 0.15) is 0 Å². The SMILES string of the molecule is Cc1noc(N2C3CCC2CC(N2CCC(C(=O)N4C=CC=CC=C4)CC2)C3)n1. The lowest BCUT2D eigenvalue weighted by molar-refractivity contribution is -0.132. The Morgan fingerprint density at radius 2 is 1.62 bits per heavy atom. The molecule has 2 unspecified atom stereocenters. The number of aromatic nitrogens is 2. The van der Waals surface area contributed by atoms with Crippen LogP contribution in [0.3, 0.4) is 0 Å². The molecule has 3 saturated heterocycles. The predicted molar refractivity (Wildman–Crippen MR) is 110 cm³/mol. The van der Waals surface area contributed by atoms with Crippen molar-refractivity contribution in [2.45, 2.75) is 63.6 Å². The molecule has 154 valence electrons. The number of anilines is 1. The van der Waals surface area contributed by atoms with E-state index in [1.807, 2.05) is 43.6 Å². The summed E-state index contributed by atoms with van der Waals surface area (Å²) in [4.78, 5) is 24.1. The second kappa shape index (κ2) is 7.78. The van der Waals surface area contributed by atoms with Crippen LogP contribution in [-0.4, -0.2) is 57.1 Å². The van der Waals surface area contributed by atoms with E-state index in [4.69, 9.17) is 4.52 Å². The number of rotatable bonds is 3. The van der Waals surface area contributed by atoms with Gasteiger partial charge < -0.3 is 14.3 Å². The van der Waals surface area contributed by atoms with E-state index in [1.165, 1.54) is 12.8 Å². The van der Waals surface area contributed by atoms with E-state index in [0.29, 0.717) is 30.0 Å². The summed E-state index contributed by atoms with van der Waals surface area (Å²) < 4.78 is 5.47. The molecule has 1 aromatic rings. The molecule has 29 heavy (non-hydrogen) atoms. The summed E-state index contributed by atoms with van der Waals surface area (Å²) in [6.07, 6.45) is 18.1. The van der Waals surface area contributed by atoms with Gasteiger partial charge in [0.05, 0.1) is 0 Å². The average Bonchev–Trinajstić information content (AvgIpc) is 3.14. The van der Waals surface area contributed by atoms with Gasteiger partial charge in [0.15, 0.2) is 5.82 Å². The van der Waals surface area contributed by atoms with Crippen LogP contribution in [0.4, 0.5) is 6.01 Å². The smallest absolute Gasteiger partial charge is 0.318 e. The van der Waals surface area contributed by atoms with E-state index in [9.17, 15) is 4.79 Å². The third kappa shape index (κ3) is 3.64. The largest absolute Gasteiger partial charge is 0.324 e. The Morgan fingerprint density at radius 1 is 0.966 bits per heavy atom. The van der Waals surface area contributed by atoms with E-state index in [-0.39, 0.29) is 11.8 Å². The molecule has 1 amide bonds. The Morgan fingerprint density at radius 3 is 2.21 bits per heavy atom. The molecule has 0 saturated carbocycles. The predicted octanol–water partition coefficient (Wildman–Crippen LogP) is 3.02. The van der Waals surface area contributed by atoms with Crippen molar-refractivity contribution in [3.8, 4) is 0 Å². The first-order chi connectivity index (χ1) is 14.2. The Kier molecular flexibility index (Phi) is 4.99. The van der Waals surface area contributed by atoms with Crippen molar-refractivity contribution in [3.05, 3.63) is 42.5 Å². The van der Waals surface area contributed by atoms with Crippen molar-refractivity contribution in [2.24, 2.45) is 5.92 Å². The molecule has 0 aliphatic carbocycles. The van der Waals surface area contributed by atoms with Crippen molar-refractivity contribution in [1.29, 1.82) is 0 Å². The number of fused-ring (bicyclic) bond motifs is 2. The summed E-state index contributed by atoms with van der Waals surface area (Å²) in [6.45, 7) is 3.90. The van der Waals surface area contributed by atoms with Crippen molar-refractivity contribution >= 4 is 11.9 Å². The highest BCUT2D eigenvalue weighted by Crippen LogP contribution is 2.41. The van der Waals surface area contributed by atoms with Crippen LogP contribution in [0, 0.1) is 12.8 Å². The minimum atomic E-state index is 0.122. The van der Waals surface area contributed by atoms with E-state index in [1.54, 1.807) is 4.90 Å². The number of likely N-dealkylation sites (tertiary alicyclic amines) is 1. The van der Waals surface area contributed by atoms with Crippen LogP contribution in [0.2, 0.25) is 0 Å². The maximum absolute atomic E-state index is 12.9. The van der Waals surface area contributed by atoms with Crippen LogP contribution in [0.1, 0.15) is 44.3 Å². The molecule has 1 aromatic heterocycles. The fourth-order valence-corrected chi connectivity index (χ4v) is 5.48. The Hall–Kier alpha value is -2.41. The van der Waals surface area contributed by atoms with Crippen LogP contribution in [0.25, 0.3) is 0 Å². The standard InChI is InChI=1S/C22H29N5O2/c1-16-23-22(29-24-16)27-18-6-7-19(27)15-20(14-18)25-12-8-17(9-13-25)21(28)26-10-4-2-3-5-11-26/h2-5,10-11,17-20H,6-9,12-15H2,1H3. The number of piperidine rings is 2. The topological polar surface area (TPSA) is 65.7 Å². The summed E-state index contributed by atoms with van der Waals surface area (Å²) in [5, 5.41) is 3.98. The second-order valence-corrected chi connectivity index (χ2v) is 8.67. The van der Waals surface area contributed by atoms with Crippen LogP contribution in [0.15, 0.2) is 41.2 Å². The summed E-state index contributed by atoms with van der Waals surface area (Å²) >= 11 is 0. The number of nitrogens with zero attached hydrogens (tertiary/aromatic N) is 5. The lowest BCUT2D eigenvalue weighted by Crippen LogP contribution is -2.53. The zero-order chi connectivity index (χ0) is 19.8. The first-order valence-corrected chi connectivity index (χ1v) is 10.9. The molecule has 2 bridgehead atoms. The summed E-state index contributed by atoms with van der Waals surface area (Å²) in [5.74, 6) is 1.05. The fraction of sp³-hybridized carbons (Fsp3) is 0.591. The third-order valence-electron chi connectivity index (χ3n) is 6.92. The third-order valence-corrected chi connectivity index (χ3v) is 6.92. The Bertz CT molecular complexity index is 806. The lowest BCUT2D eigenvalue weighted by Gasteiger charge is -2.44. The molecule has 4 aliphatic heterocycles. The quantitative estimate of drug-likeness (QED) is 0.784. The van der Waals surface area contributed by atoms with Crippen LogP contribution in [-0.2, 0) is 4.79 Å². The highest BCUT2D eigenvalue weighted by Gasteiger charge is 2.45. The van der Waals surface area contributed by atoms with Gasteiger partial charge in [-0.1, -0.05) is 17.3 Å². The number of amides is 1. The molecule has 0 N–H and O–H groups in total. The van der Waals surface area contributed by atoms with Gasteiger partial charge in [0.2, 0.25) is 5.91 Å². The van der Waals surface area contributed by atoms with Gasteiger partial charge in [-0.3, -0.25) is 9.69 Å². The molecule has 0 spiro atoms. The lowest BCUT2D eigenvalue weighted by atomic mass is 9.90. The number of carbonyl (C=O) groups excluding carboxylic acids is 1. The van der Waals surface area contributed by atoms with E-state index in [0.717, 1.165) is 38.8 Å². The molecule has 5 heterocycles. The summed E-state index contributed by atoms with van der Waals surface area (Å²) in [5.41, 5.74) is 0. The maximum Gasteiger partial charge on any atom is 0.324 e. The second-order valence-electron chi connectivity index (χ2n) is 8.67. The van der Waals surface area contributed by atoms with E-state index in [2.05, 4.69) is 19.9 Å². The molecule has 0 aromatic carbocycles. The minimum Gasteiger partial charge on any atom is -0.318 e. The molecule has 5 rings (SSSR count). The van der Waals surface area contributed by atoms with Crippen LogP contribution >= 0.6 is 0 Å². The Balaban J connectivity index is 1.18. The zero-order valence-corrected chi connectivity index (χ0v) is 17.0. The number of hydrogen-bond acceptors (Lipinski definition) is 6. The van der Waals surface area contributed by atoms with Crippen molar-refractivity contribution in [1.82, 2.24) is 19.9 Å². The van der Waals surface area contributed by atoms with Gasteiger partial charge in [-0.05, 0) is 70.7 Å². The van der Waals surface area contributed by atoms with E-state index >= 15 is 0 Å². The molecule has 7 nitrogen and oxygen atoms in total. The molecule has 0 radical (unpaired) electrons. The summed E-state index contributed by atoms with van der Waals surface area (Å²) in [6, 6.07) is 2.30. The van der Waals surface area contributed by atoms with Crippen molar-refractivity contribution < 1.29 is 9.32 Å². The Labute approximate surface area is 171 Å². The summed E-state index contributed by atoms with van der Waals surface area (Å²) in [7, 11) is 0. The average molecular weight is 396 g/mol. The van der Waals surface area contributed by atoms with E-state index < -0.39 is 0 Å². The highest BCUT2D eigenvalue weighted by atomic mass is 16.5. The first kappa shape index (κ1) is 18.6.